The third kappa shape index (κ3) is 1.97. The third-order valence-electron chi connectivity index (χ3n) is 3.35. The van der Waals surface area contributed by atoms with E-state index in [1.54, 1.807) is 25.3 Å². The fourth-order valence-corrected chi connectivity index (χ4v) is 2.27. The number of pyridine rings is 1. The zero-order valence-corrected chi connectivity index (χ0v) is 10.9. The summed E-state index contributed by atoms with van der Waals surface area (Å²) >= 11 is 0. The van der Waals surface area contributed by atoms with Crippen molar-refractivity contribution in [3.63, 3.8) is 0 Å². The summed E-state index contributed by atoms with van der Waals surface area (Å²) in [6, 6.07) is 12.3. The quantitative estimate of drug-likeness (QED) is 0.657. The summed E-state index contributed by atoms with van der Waals surface area (Å²) < 4.78 is 14.1. The first-order chi connectivity index (χ1) is 9.68. The van der Waals surface area contributed by atoms with Gasteiger partial charge in [0.1, 0.15) is 5.82 Å². The summed E-state index contributed by atoms with van der Waals surface area (Å²) in [5.41, 5.74) is 0.972. The van der Waals surface area contributed by atoms with E-state index in [0.29, 0.717) is 11.1 Å². The maximum absolute atomic E-state index is 14.1. The Kier molecular flexibility index (Phi) is 3.03. The zero-order valence-electron chi connectivity index (χ0n) is 10.9. The van der Waals surface area contributed by atoms with Gasteiger partial charge in [0.25, 0.3) is 0 Å². The molecule has 2 nitrogen and oxygen atoms in total. The molecule has 1 heterocycles. The lowest BCUT2D eigenvalue weighted by Crippen LogP contribution is -2.06. The monoisotopic (exact) mass is 265 g/mol. The Hall–Kier alpha value is -2.55. The second kappa shape index (κ2) is 4.85. The summed E-state index contributed by atoms with van der Waals surface area (Å²) in [5, 5.41) is 1.65. The van der Waals surface area contributed by atoms with Gasteiger partial charge in [0.05, 0.1) is 5.56 Å². The van der Waals surface area contributed by atoms with E-state index in [-0.39, 0.29) is 11.3 Å². The minimum atomic E-state index is -0.467. The van der Waals surface area contributed by atoms with Crippen LogP contribution in [0.5, 0.6) is 0 Å². The van der Waals surface area contributed by atoms with Crippen molar-refractivity contribution in [2.75, 3.05) is 0 Å². The highest BCUT2D eigenvalue weighted by molar-refractivity contribution is 6.16. The number of nitrogens with zero attached hydrogens (tertiary/aromatic N) is 1. The minimum Gasteiger partial charge on any atom is -0.288 e. The molecule has 0 aliphatic carbocycles. The highest BCUT2D eigenvalue weighted by atomic mass is 19.1. The molecule has 1 aromatic heterocycles. The first-order valence-corrected chi connectivity index (χ1v) is 6.31. The number of hydrogen-bond acceptors (Lipinski definition) is 2. The van der Waals surface area contributed by atoms with Crippen LogP contribution < -0.4 is 0 Å². The van der Waals surface area contributed by atoms with Crippen molar-refractivity contribution in [2.24, 2.45) is 0 Å². The van der Waals surface area contributed by atoms with Crippen molar-refractivity contribution in [3.05, 3.63) is 77.4 Å². The van der Waals surface area contributed by atoms with Gasteiger partial charge in [-0.2, -0.15) is 0 Å². The van der Waals surface area contributed by atoms with Crippen LogP contribution in [0.4, 0.5) is 4.39 Å². The molecule has 0 aliphatic rings. The second-order valence-corrected chi connectivity index (χ2v) is 4.67. The van der Waals surface area contributed by atoms with Crippen LogP contribution in [0.2, 0.25) is 0 Å². The van der Waals surface area contributed by atoms with Crippen LogP contribution in [0.1, 0.15) is 21.5 Å². The Labute approximate surface area is 115 Å². The van der Waals surface area contributed by atoms with E-state index in [1.165, 1.54) is 12.3 Å². The van der Waals surface area contributed by atoms with Crippen LogP contribution in [0.3, 0.4) is 0 Å². The predicted octanol–water partition coefficient (Wildman–Crippen LogP) is 3.91. The summed E-state index contributed by atoms with van der Waals surface area (Å²) in [7, 11) is 0. The molecule has 0 saturated heterocycles. The van der Waals surface area contributed by atoms with Gasteiger partial charge in [-0.3, -0.25) is 9.78 Å². The van der Waals surface area contributed by atoms with E-state index in [4.69, 9.17) is 0 Å². The Morgan fingerprint density at radius 2 is 1.80 bits per heavy atom. The Balaban J connectivity index is 2.21. The van der Waals surface area contributed by atoms with Crippen LogP contribution in [-0.4, -0.2) is 10.8 Å². The molecule has 20 heavy (non-hydrogen) atoms. The molecule has 0 unspecified atom stereocenters. The molecule has 0 saturated carbocycles. The molecule has 0 spiro atoms. The molecule has 0 atom stereocenters. The van der Waals surface area contributed by atoms with Gasteiger partial charge in [0.2, 0.25) is 0 Å². The molecule has 0 N–H and O–H groups in total. The second-order valence-electron chi connectivity index (χ2n) is 4.67. The van der Waals surface area contributed by atoms with Gasteiger partial charge < -0.3 is 0 Å². The van der Waals surface area contributed by atoms with Crippen molar-refractivity contribution in [1.29, 1.82) is 0 Å². The smallest absolute Gasteiger partial charge is 0.198 e. The standard InChI is InChI=1S/C17H12FNO/c1-11-5-4-8-14(16(11)18)17(20)15-10-19-9-12-6-2-3-7-13(12)15/h2-10H,1H3. The molecule has 0 radical (unpaired) electrons. The van der Waals surface area contributed by atoms with Gasteiger partial charge in [0.15, 0.2) is 5.78 Å². The van der Waals surface area contributed by atoms with E-state index in [9.17, 15) is 9.18 Å². The number of carbonyl (C=O) groups is 1. The lowest BCUT2D eigenvalue weighted by Gasteiger charge is -2.07. The molecule has 0 aliphatic heterocycles. The van der Waals surface area contributed by atoms with Gasteiger partial charge in [-0.15, -0.1) is 0 Å². The number of fused-ring (bicyclic) bond motifs is 1. The first-order valence-electron chi connectivity index (χ1n) is 6.31. The molecular formula is C17H12FNO. The molecular weight excluding hydrogens is 253 g/mol. The summed E-state index contributed by atoms with van der Waals surface area (Å²) in [6.07, 6.45) is 3.19. The maximum Gasteiger partial charge on any atom is 0.198 e. The third-order valence-corrected chi connectivity index (χ3v) is 3.35. The summed E-state index contributed by atoms with van der Waals surface area (Å²) in [6.45, 7) is 1.65. The molecule has 3 heteroatoms. The Morgan fingerprint density at radius 3 is 2.65 bits per heavy atom. The number of aromatic nitrogens is 1. The normalized spacial score (nSPS) is 10.7. The highest BCUT2D eigenvalue weighted by Crippen LogP contribution is 2.22. The molecule has 98 valence electrons. The molecule has 2 aromatic carbocycles. The number of ketones is 1. The fraction of sp³-hybridized carbons (Fsp3) is 0.0588. The number of halogens is 1. The van der Waals surface area contributed by atoms with E-state index in [2.05, 4.69) is 4.98 Å². The minimum absolute atomic E-state index is 0.0863. The molecule has 0 amide bonds. The zero-order chi connectivity index (χ0) is 14.1. The van der Waals surface area contributed by atoms with Gasteiger partial charge in [0, 0.05) is 23.3 Å². The van der Waals surface area contributed by atoms with Crippen LogP contribution >= 0.6 is 0 Å². The van der Waals surface area contributed by atoms with E-state index in [1.807, 2.05) is 24.3 Å². The van der Waals surface area contributed by atoms with Crippen molar-refractivity contribution in [3.8, 4) is 0 Å². The van der Waals surface area contributed by atoms with E-state index >= 15 is 0 Å². The van der Waals surface area contributed by atoms with Crippen molar-refractivity contribution in [1.82, 2.24) is 4.98 Å². The Bertz CT molecular complexity index is 806. The SMILES string of the molecule is Cc1cccc(C(=O)c2cncc3ccccc23)c1F. The summed E-state index contributed by atoms with van der Waals surface area (Å²) in [5.74, 6) is -0.805. The average Bonchev–Trinajstić information content (AvgIpc) is 2.49. The van der Waals surface area contributed by atoms with Gasteiger partial charge in [-0.05, 0) is 23.9 Å². The van der Waals surface area contributed by atoms with Crippen molar-refractivity contribution in [2.45, 2.75) is 6.92 Å². The Morgan fingerprint density at radius 1 is 1.00 bits per heavy atom. The molecule has 0 fully saturated rings. The molecule has 3 rings (SSSR count). The number of aryl methyl sites for hydroxylation is 1. The summed E-state index contributed by atoms with van der Waals surface area (Å²) in [4.78, 5) is 16.6. The van der Waals surface area contributed by atoms with Gasteiger partial charge >= 0.3 is 0 Å². The largest absolute Gasteiger partial charge is 0.288 e. The number of carbonyl (C=O) groups excluding carboxylic acids is 1. The lowest BCUT2D eigenvalue weighted by atomic mass is 9.98. The number of hydrogen-bond donors (Lipinski definition) is 0. The highest BCUT2D eigenvalue weighted by Gasteiger charge is 2.17. The fourth-order valence-electron chi connectivity index (χ4n) is 2.27. The predicted molar refractivity (Wildman–Crippen MR) is 76.3 cm³/mol. The van der Waals surface area contributed by atoms with Crippen molar-refractivity contribution < 1.29 is 9.18 Å². The molecule has 3 aromatic rings. The maximum atomic E-state index is 14.1. The first kappa shape index (κ1) is 12.5. The van der Waals surface area contributed by atoms with E-state index < -0.39 is 5.82 Å². The molecule has 0 bridgehead atoms. The van der Waals surface area contributed by atoms with Crippen LogP contribution in [0, 0.1) is 12.7 Å². The van der Waals surface area contributed by atoms with E-state index in [0.717, 1.165) is 10.8 Å². The lowest BCUT2D eigenvalue weighted by molar-refractivity contribution is 0.103. The number of benzene rings is 2. The number of rotatable bonds is 2. The van der Waals surface area contributed by atoms with Gasteiger partial charge in [-0.25, -0.2) is 4.39 Å². The topological polar surface area (TPSA) is 30.0 Å². The van der Waals surface area contributed by atoms with Gasteiger partial charge in [-0.1, -0.05) is 36.4 Å². The van der Waals surface area contributed by atoms with Crippen LogP contribution in [0.15, 0.2) is 54.9 Å². The van der Waals surface area contributed by atoms with Crippen LogP contribution in [0.25, 0.3) is 10.8 Å². The average molecular weight is 265 g/mol. The van der Waals surface area contributed by atoms with Crippen LogP contribution in [-0.2, 0) is 0 Å². The van der Waals surface area contributed by atoms with Crippen molar-refractivity contribution >= 4 is 16.6 Å².